The number of benzene rings is 6. The molecule has 0 saturated carbocycles. The minimum atomic E-state index is -0.410. The highest BCUT2D eigenvalue weighted by atomic mass is 14.5. The molecule has 0 heteroatoms. The molecule has 0 heterocycles. The lowest BCUT2D eigenvalue weighted by atomic mass is 9.58. The lowest BCUT2D eigenvalue weighted by molar-refractivity contribution is 0.715. The summed E-state index contributed by atoms with van der Waals surface area (Å²) in [5.74, 6) is 0. The van der Waals surface area contributed by atoms with E-state index in [4.69, 9.17) is 0 Å². The average Bonchev–Trinajstić information content (AvgIpc) is 2.91. The van der Waals surface area contributed by atoms with Crippen molar-refractivity contribution in [1.82, 2.24) is 0 Å². The van der Waals surface area contributed by atoms with Crippen molar-refractivity contribution < 1.29 is 0 Å². The Hall–Kier alpha value is -4.16. The standard InChI is InChI=1S/C34H24/c1-5-17-28-24(11-1)15-9-21-32(28)34(33-22-10-16-25-12-2-6-18-29(25)33)30-19-7-3-13-26(30)23-27-14-4-8-20-31(27)34/h1-22H,23H2. The highest BCUT2D eigenvalue weighted by Crippen LogP contribution is 2.53. The van der Waals surface area contributed by atoms with E-state index in [1.165, 1.54) is 54.9 Å². The van der Waals surface area contributed by atoms with Crippen LogP contribution in [0.15, 0.2) is 133 Å². The van der Waals surface area contributed by atoms with Gasteiger partial charge in [-0.3, -0.25) is 0 Å². The van der Waals surface area contributed by atoms with Gasteiger partial charge in [-0.1, -0.05) is 133 Å². The number of hydrogen-bond donors (Lipinski definition) is 0. The van der Waals surface area contributed by atoms with E-state index in [0.717, 1.165) is 6.42 Å². The zero-order valence-electron chi connectivity index (χ0n) is 18.9. The molecule has 0 fully saturated rings. The third-order valence-corrected chi connectivity index (χ3v) is 7.61. The number of rotatable bonds is 2. The summed E-state index contributed by atoms with van der Waals surface area (Å²) in [6.07, 6.45) is 0.962. The molecule has 1 aliphatic rings. The molecule has 6 aromatic carbocycles. The van der Waals surface area contributed by atoms with Crippen molar-refractivity contribution in [3.05, 3.63) is 167 Å². The summed E-state index contributed by atoms with van der Waals surface area (Å²) >= 11 is 0. The third-order valence-electron chi connectivity index (χ3n) is 7.61. The summed E-state index contributed by atoms with van der Waals surface area (Å²) < 4.78 is 0. The van der Waals surface area contributed by atoms with Crippen LogP contribution in [0.2, 0.25) is 0 Å². The smallest absolute Gasteiger partial charge is 0.0620 e. The molecule has 0 amide bonds. The minimum Gasteiger partial charge on any atom is -0.0620 e. The van der Waals surface area contributed by atoms with Crippen molar-refractivity contribution in [2.75, 3.05) is 0 Å². The van der Waals surface area contributed by atoms with E-state index in [2.05, 4.69) is 133 Å². The van der Waals surface area contributed by atoms with Gasteiger partial charge in [0.25, 0.3) is 0 Å². The second-order valence-electron chi connectivity index (χ2n) is 9.29. The first-order chi connectivity index (χ1) is 16.9. The quantitative estimate of drug-likeness (QED) is 0.258. The van der Waals surface area contributed by atoms with E-state index in [1.54, 1.807) is 0 Å². The van der Waals surface area contributed by atoms with Gasteiger partial charge in [-0.05, 0) is 61.3 Å². The second-order valence-corrected chi connectivity index (χ2v) is 9.29. The van der Waals surface area contributed by atoms with Gasteiger partial charge in [-0.25, -0.2) is 0 Å². The van der Waals surface area contributed by atoms with Crippen molar-refractivity contribution in [3.8, 4) is 0 Å². The van der Waals surface area contributed by atoms with Crippen molar-refractivity contribution in [3.63, 3.8) is 0 Å². The Kier molecular flexibility index (Phi) is 4.22. The van der Waals surface area contributed by atoms with Gasteiger partial charge in [0.15, 0.2) is 0 Å². The fourth-order valence-electron chi connectivity index (χ4n) is 6.26. The topological polar surface area (TPSA) is 0 Å². The van der Waals surface area contributed by atoms with Crippen molar-refractivity contribution in [2.45, 2.75) is 11.8 Å². The first-order valence-corrected chi connectivity index (χ1v) is 12.0. The maximum Gasteiger partial charge on any atom is 0.0719 e. The zero-order chi connectivity index (χ0) is 22.5. The van der Waals surface area contributed by atoms with Gasteiger partial charge in [0.05, 0.1) is 5.41 Å². The molecule has 0 nitrogen and oxygen atoms in total. The Morgan fingerprint density at radius 1 is 0.353 bits per heavy atom. The van der Waals surface area contributed by atoms with Gasteiger partial charge in [0.2, 0.25) is 0 Å². The van der Waals surface area contributed by atoms with Gasteiger partial charge in [0, 0.05) is 0 Å². The van der Waals surface area contributed by atoms with Crippen LogP contribution in [0.1, 0.15) is 33.4 Å². The van der Waals surface area contributed by atoms with Crippen molar-refractivity contribution in [1.29, 1.82) is 0 Å². The molecule has 0 radical (unpaired) electrons. The van der Waals surface area contributed by atoms with Gasteiger partial charge in [-0.15, -0.1) is 0 Å². The monoisotopic (exact) mass is 432 g/mol. The fraction of sp³-hybridized carbons (Fsp3) is 0.0588. The van der Waals surface area contributed by atoms with Gasteiger partial charge in [0.1, 0.15) is 0 Å². The van der Waals surface area contributed by atoms with Crippen LogP contribution in [0, 0.1) is 0 Å². The second kappa shape index (κ2) is 7.43. The Balaban J connectivity index is 1.76. The normalized spacial score (nSPS) is 14.0. The van der Waals surface area contributed by atoms with Crippen LogP contribution >= 0.6 is 0 Å². The molecule has 160 valence electrons. The summed E-state index contributed by atoms with van der Waals surface area (Å²) in [4.78, 5) is 0. The molecule has 0 aliphatic heterocycles. The van der Waals surface area contributed by atoms with Crippen molar-refractivity contribution >= 4 is 21.5 Å². The molecule has 0 spiro atoms. The molecule has 1 aliphatic carbocycles. The SMILES string of the molecule is c1ccc2c(c1)Cc1ccccc1C2(c1cccc2ccccc12)c1cccc2ccccc12. The highest BCUT2D eigenvalue weighted by molar-refractivity contribution is 5.94. The summed E-state index contributed by atoms with van der Waals surface area (Å²) in [5, 5.41) is 5.18. The van der Waals surface area contributed by atoms with E-state index in [9.17, 15) is 0 Å². The van der Waals surface area contributed by atoms with Crippen LogP contribution in [-0.2, 0) is 11.8 Å². The highest BCUT2D eigenvalue weighted by Gasteiger charge is 2.45. The Labute approximate surface area is 200 Å². The molecule has 0 unspecified atom stereocenters. The molecule has 34 heavy (non-hydrogen) atoms. The Morgan fingerprint density at radius 2 is 0.735 bits per heavy atom. The first kappa shape index (κ1) is 19.3. The molecular formula is C34H24. The molecule has 6 aromatic rings. The number of fused-ring (bicyclic) bond motifs is 4. The lowest BCUT2D eigenvalue weighted by Crippen LogP contribution is -2.36. The Bertz CT molecular complexity index is 1550. The lowest BCUT2D eigenvalue weighted by Gasteiger charge is -2.43. The van der Waals surface area contributed by atoms with Crippen LogP contribution < -0.4 is 0 Å². The molecule has 0 bridgehead atoms. The van der Waals surface area contributed by atoms with Crippen molar-refractivity contribution in [2.24, 2.45) is 0 Å². The first-order valence-electron chi connectivity index (χ1n) is 12.0. The van der Waals surface area contributed by atoms with Gasteiger partial charge < -0.3 is 0 Å². The molecule has 7 rings (SSSR count). The number of hydrogen-bond acceptors (Lipinski definition) is 0. The Morgan fingerprint density at radius 3 is 1.26 bits per heavy atom. The van der Waals surface area contributed by atoms with Crippen LogP contribution in [0.5, 0.6) is 0 Å². The predicted octanol–water partition coefficient (Wildman–Crippen LogP) is 8.28. The van der Waals surface area contributed by atoms with Crippen LogP contribution in [0.3, 0.4) is 0 Å². The summed E-state index contributed by atoms with van der Waals surface area (Å²) in [5.41, 5.74) is 7.88. The van der Waals surface area contributed by atoms with Crippen LogP contribution in [0.4, 0.5) is 0 Å². The summed E-state index contributed by atoms with van der Waals surface area (Å²) in [6, 6.07) is 49.4. The third kappa shape index (κ3) is 2.60. The molecule has 0 N–H and O–H groups in total. The zero-order valence-corrected chi connectivity index (χ0v) is 18.9. The molecule has 0 atom stereocenters. The fourth-order valence-corrected chi connectivity index (χ4v) is 6.26. The van der Waals surface area contributed by atoms with Crippen LogP contribution in [-0.4, -0.2) is 0 Å². The predicted molar refractivity (Wildman–Crippen MR) is 143 cm³/mol. The average molecular weight is 433 g/mol. The summed E-state index contributed by atoms with van der Waals surface area (Å²) in [7, 11) is 0. The largest absolute Gasteiger partial charge is 0.0719 e. The van der Waals surface area contributed by atoms with E-state index in [1.807, 2.05) is 0 Å². The van der Waals surface area contributed by atoms with E-state index in [-0.39, 0.29) is 0 Å². The molecule has 0 aromatic heterocycles. The van der Waals surface area contributed by atoms with Crippen LogP contribution in [0.25, 0.3) is 21.5 Å². The van der Waals surface area contributed by atoms with E-state index < -0.39 is 5.41 Å². The van der Waals surface area contributed by atoms with Gasteiger partial charge in [-0.2, -0.15) is 0 Å². The maximum atomic E-state index is 2.36. The maximum absolute atomic E-state index is 2.36. The van der Waals surface area contributed by atoms with Gasteiger partial charge >= 0.3 is 0 Å². The minimum absolute atomic E-state index is 0.410. The van der Waals surface area contributed by atoms with E-state index >= 15 is 0 Å². The molecular weight excluding hydrogens is 408 g/mol. The van der Waals surface area contributed by atoms with E-state index in [0.29, 0.717) is 0 Å². The molecule has 0 saturated heterocycles. The summed E-state index contributed by atoms with van der Waals surface area (Å²) in [6.45, 7) is 0.